The summed E-state index contributed by atoms with van der Waals surface area (Å²) in [6, 6.07) is 15.2. The van der Waals surface area contributed by atoms with Gasteiger partial charge in [0.15, 0.2) is 6.61 Å². The van der Waals surface area contributed by atoms with Crippen molar-refractivity contribution < 1.29 is 13.9 Å². The van der Waals surface area contributed by atoms with E-state index < -0.39 is 0 Å². The molecule has 3 aromatic rings. The molecule has 0 saturated carbocycles. The summed E-state index contributed by atoms with van der Waals surface area (Å²) in [5, 5.41) is 5.91. The summed E-state index contributed by atoms with van der Waals surface area (Å²) >= 11 is 3.51. The standard InChI is InChI=1S/C17H13BrN2O3/c18-17-14-6-2-1-4-12(14)7-8-15(17)23-11-16(21)20-19-10-13-5-3-9-22-13/h1-10H,11H2,(H,20,21). The lowest BCUT2D eigenvalue weighted by molar-refractivity contribution is -0.123. The van der Waals surface area contributed by atoms with E-state index in [0.717, 1.165) is 15.2 Å². The average molecular weight is 373 g/mol. The van der Waals surface area contributed by atoms with Crippen LogP contribution in [0.3, 0.4) is 0 Å². The molecule has 23 heavy (non-hydrogen) atoms. The Balaban J connectivity index is 1.59. The number of nitrogens with one attached hydrogen (secondary N) is 1. The quantitative estimate of drug-likeness (QED) is 0.548. The van der Waals surface area contributed by atoms with Gasteiger partial charge in [-0.2, -0.15) is 5.10 Å². The number of fused-ring (bicyclic) bond motifs is 1. The Labute approximate surface area is 141 Å². The van der Waals surface area contributed by atoms with Gasteiger partial charge < -0.3 is 9.15 Å². The zero-order valence-electron chi connectivity index (χ0n) is 12.0. The van der Waals surface area contributed by atoms with Crippen molar-refractivity contribution in [1.29, 1.82) is 0 Å². The number of benzene rings is 2. The monoisotopic (exact) mass is 372 g/mol. The molecule has 0 spiro atoms. The fraction of sp³-hybridized carbons (Fsp3) is 0.0588. The molecular weight excluding hydrogens is 360 g/mol. The van der Waals surface area contributed by atoms with Crippen LogP contribution in [0.25, 0.3) is 10.8 Å². The van der Waals surface area contributed by atoms with Crippen molar-refractivity contribution in [2.45, 2.75) is 0 Å². The normalized spacial score (nSPS) is 11.0. The lowest BCUT2D eigenvalue weighted by Crippen LogP contribution is -2.24. The van der Waals surface area contributed by atoms with Gasteiger partial charge in [-0.1, -0.05) is 30.3 Å². The maximum atomic E-state index is 11.7. The molecule has 2 aromatic carbocycles. The molecule has 6 heteroatoms. The number of halogens is 1. The van der Waals surface area contributed by atoms with Crippen molar-refractivity contribution in [2.75, 3.05) is 6.61 Å². The highest BCUT2D eigenvalue weighted by Crippen LogP contribution is 2.32. The Hall–Kier alpha value is -2.60. The maximum Gasteiger partial charge on any atom is 0.277 e. The van der Waals surface area contributed by atoms with Crippen molar-refractivity contribution in [1.82, 2.24) is 5.43 Å². The molecule has 0 unspecified atom stereocenters. The van der Waals surface area contributed by atoms with Crippen molar-refractivity contribution in [3.05, 3.63) is 65.0 Å². The molecule has 5 nitrogen and oxygen atoms in total. The molecule has 116 valence electrons. The van der Waals surface area contributed by atoms with Gasteiger partial charge in [-0.05, 0) is 44.9 Å². The zero-order valence-corrected chi connectivity index (χ0v) is 13.6. The predicted octanol–water partition coefficient (Wildman–Crippen LogP) is 3.72. The molecule has 0 fully saturated rings. The van der Waals surface area contributed by atoms with Gasteiger partial charge in [0.25, 0.3) is 5.91 Å². The Morgan fingerprint density at radius 1 is 1.22 bits per heavy atom. The van der Waals surface area contributed by atoms with E-state index in [1.165, 1.54) is 12.5 Å². The number of hydrogen-bond donors (Lipinski definition) is 1. The van der Waals surface area contributed by atoms with Crippen LogP contribution in [-0.4, -0.2) is 18.7 Å². The van der Waals surface area contributed by atoms with Crippen LogP contribution in [0.1, 0.15) is 5.76 Å². The minimum atomic E-state index is -0.354. The van der Waals surface area contributed by atoms with Gasteiger partial charge in [-0.15, -0.1) is 0 Å². The number of amides is 1. The van der Waals surface area contributed by atoms with Crippen molar-refractivity contribution in [2.24, 2.45) is 5.10 Å². The minimum Gasteiger partial charge on any atom is -0.483 e. The molecule has 0 aliphatic rings. The third kappa shape index (κ3) is 3.78. The van der Waals surface area contributed by atoms with E-state index in [0.29, 0.717) is 11.5 Å². The highest BCUT2D eigenvalue weighted by Gasteiger charge is 2.08. The first-order valence-electron chi connectivity index (χ1n) is 6.89. The number of ether oxygens (including phenoxy) is 1. The van der Waals surface area contributed by atoms with Crippen LogP contribution in [0.4, 0.5) is 0 Å². The minimum absolute atomic E-state index is 0.133. The summed E-state index contributed by atoms with van der Waals surface area (Å²) in [6.45, 7) is -0.133. The Bertz CT molecular complexity index is 844. The van der Waals surface area contributed by atoms with E-state index >= 15 is 0 Å². The largest absolute Gasteiger partial charge is 0.483 e. The third-order valence-corrected chi connectivity index (χ3v) is 3.93. The van der Waals surface area contributed by atoms with Crippen LogP contribution in [0.5, 0.6) is 5.75 Å². The second kappa shape index (κ2) is 7.11. The highest BCUT2D eigenvalue weighted by molar-refractivity contribution is 9.10. The van der Waals surface area contributed by atoms with Gasteiger partial charge in [-0.3, -0.25) is 4.79 Å². The Morgan fingerprint density at radius 3 is 2.91 bits per heavy atom. The second-order valence-corrected chi connectivity index (χ2v) is 5.49. The maximum absolute atomic E-state index is 11.7. The van der Waals surface area contributed by atoms with Crippen LogP contribution >= 0.6 is 15.9 Å². The van der Waals surface area contributed by atoms with Crippen LogP contribution in [0, 0.1) is 0 Å². The first-order valence-corrected chi connectivity index (χ1v) is 7.69. The first-order chi connectivity index (χ1) is 11.2. The van der Waals surface area contributed by atoms with Gasteiger partial charge >= 0.3 is 0 Å². The van der Waals surface area contributed by atoms with Gasteiger partial charge in [-0.25, -0.2) is 5.43 Å². The summed E-state index contributed by atoms with van der Waals surface area (Å²) in [5.74, 6) is 0.810. The summed E-state index contributed by atoms with van der Waals surface area (Å²) in [5.41, 5.74) is 2.38. The zero-order chi connectivity index (χ0) is 16.1. The summed E-state index contributed by atoms with van der Waals surface area (Å²) in [6.07, 6.45) is 2.95. The van der Waals surface area contributed by atoms with Crippen LogP contribution in [-0.2, 0) is 4.79 Å². The van der Waals surface area contributed by atoms with E-state index in [9.17, 15) is 4.79 Å². The number of carbonyl (C=O) groups excluding carboxylic acids is 1. The molecule has 1 aromatic heterocycles. The fourth-order valence-electron chi connectivity index (χ4n) is 2.03. The third-order valence-electron chi connectivity index (χ3n) is 3.11. The number of carbonyl (C=O) groups is 1. The molecule has 1 heterocycles. The van der Waals surface area contributed by atoms with Gasteiger partial charge in [0.2, 0.25) is 0 Å². The molecule has 3 rings (SSSR count). The smallest absolute Gasteiger partial charge is 0.277 e. The lowest BCUT2D eigenvalue weighted by atomic mass is 10.1. The van der Waals surface area contributed by atoms with Crippen molar-refractivity contribution in [3.63, 3.8) is 0 Å². The average Bonchev–Trinajstić information content (AvgIpc) is 3.08. The summed E-state index contributed by atoms with van der Waals surface area (Å²) < 4.78 is 11.4. The van der Waals surface area contributed by atoms with E-state index in [4.69, 9.17) is 9.15 Å². The molecular formula is C17H13BrN2O3. The van der Waals surface area contributed by atoms with E-state index in [1.54, 1.807) is 12.1 Å². The highest BCUT2D eigenvalue weighted by atomic mass is 79.9. The topological polar surface area (TPSA) is 63.8 Å². The van der Waals surface area contributed by atoms with Gasteiger partial charge in [0.05, 0.1) is 17.0 Å². The molecule has 1 amide bonds. The number of nitrogens with zero attached hydrogens (tertiary/aromatic N) is 1. The molecule has 0 bridgehead atoms. The molecule has 0 aliphatic carbocycles. The van der Waals surface area contributed by atoms with Crippen LogP contribution in [0.2, 0.25) is 0 Å². The SMILES string of the molecule is O=C(COc1ccc2ccccc2c1Br)NN=Cc1ccco1. The number of hydrogen-bond acceptors (Lipinski definition) is 4. The number of rotatable bonds is 5. The van der Waals surface area contributed by atoms with Gasteiger partial charge in [0.1, 0.15) is 11.5 Å². The van der Waals surface area contributed by atoms with Crippen LogP contribution in [0.15, 0.2) is 68.8 Å². The van der Waals surface area contributed by atoms with Crippen molar-refractivity contribution in [3.8, 4) is 5.75 Å². The summed E-state index contributed by atoms with van der Waals surface area (Å²) in [7, 11) is 0. The van der Waals surface area contributed by atoms with E-state index in [2.05, 4.69) is 26.5 Å². The molecule has 0 atom stereocenters. The van der Waals surface area contributed by atoms with Crippen LogP contribution < -0.4 is 10.2 Å². The molecule has 0 aliphatic heterocycles. The van der Waals surface area contributed by atoms with Gasteiger partial charge in [0, 0.05) is 0 Å². The van der Waals surface area contributed by atoms with Crippen molar-refractivity contribution >= 4 is 38.8 Å². The Kier molecular flexibility index (Phi) is 4.73. The second-order valence-electron chi connectivity index (χ2n) is 4.70. The van der Waals surface area contributed by atoms with E-state index in [-0.39, 0.29) is 12.5 Å². The summed E-state index contributed by atoms with van der Waals surface area (Å²) in [4.78, 5) is 11.7. The molecule has 1 N–H and O–H groups in total. The first kappa shape index (κ1) is 15.3. The fourth-order valence-corrected chi connectivity index (χ4v) is 2.64. The Morgan fingerprint density at radius 2 is 2.09 bits per heavy atom. The van der Waals surface area contributed by atoms with E-state index in [1.807, 2.05) is 36.4 Å². The predicted molar refractivity (Wildman–Crippen MR) is 91.6 cm³/mol. The lowest BCUT2D eigenvalue weighted by Gasteiger charge is -2.09. The molecule has 0 radical (unpaired) electrons. The number of furan rings is 1. The molecule has 0 saturated heterocycles. The number of hydrazone groups is 1.